The van der Waals surface area contributed by atoms with Crippen molar-refractivity contribution in [3.05, 3.63) is 48.0 Å². The van der Waals surface area contributed by atoms with Crippen molar-refractivity contribution < 1.29 is 19.0 Å². The van der Waals surface area contributed by atoms with Gasteiger partial charge < -0.3 is 19.5 Å². The van der Waals surface area contributed by atoms with Gasteiger partial charge in [-0.15, -0.1) is 0 Å². The number of anilines is 1. The van der Waals surface area contributed by atoms with Crippen molar-refractivity contribution in [3.8, 4) is 17.2 Å². The zero-order valence-corrected chi connectivity index (χ0v) is 15.0. The fourth-order valence-electron chi connectivity index (χ4n) is 2.51. The first-order chi connectivity index (χ1) is 11.8. The molecule has 0 radical (unpaired) electrons. The van der Waals surface area contributed by atoms with E-state index in [1.807, 2.05) is 24.3 Å². The SMILES string of the molecule is CC(Oc1ccc(C(C)(C)C)cc1)C(=O)Nc1ccc2c(c1)OCO2. The highest BCUT2D eigenvalue weighted by Gasteiger charge is 2.18. The highest BCUT2D eigenvalue weighted by atomic mass is 16.7. The molecule has 0 saturated carbocycles. The Morgan fingerprint density at radius 2 is 1.76 bits per heavy atom. The molecule has 2 aromatic carbocycles. The van der Waals surface area contributed by atoms with E-state index in [9.17, 15) is 4.79 Å². The maximum Gasteiger partial charge on any atom is 0.265 e. The molecule has 0 fully saturated rings. The molecule has 1 amide bonds. The second kappa shape index (κ2) is 6.67. The van der Waals surface area contributed by atoms with Crippen LogP contribution in [0.3, 0.4) is 0 Å². The molecule has 5 nitrogen and oxygen atoms in total. The maximum absolute atomic E-state index is 12.3. The molecule has 25 heavy (non-hydrogen) atoms. The lowest BCUT2D eigenvalue weighted by molar-refractivity contribution is -0.122. The van der Waals surface area contributed by atoms with Crippen LogP contribution in [0.1, 0.15) is 33.3 Å². The number of hydrogen-bond donors (Lipinski definition) is 1. The van der Waals surface area contributed by atoms with Gasteiger partial charge in [-0.2, -0.15) is 0 Å². The average molecular weight is 341 g/mol. The van der Waals surface area contributed by atoms with E-state index in [1.54, 1.807) is 25.1 Å². The minimum absolute atomic E-state index is 0.0842. The Morgan fingerprint density at radius 1 is 1.08 bits per heavy atom. The van der Waals surface area contributed by atoms with Crippen LogP contribution in [0.15, 0.2) is 42.5 Å². The van der Waals surface area contributed by atoms with E-state index in [-0.39, 0.29) is 18.1 Å². The van der Waals surface area contributed by atoms with Gasteiger partial charge in [0.2, 0.25) is 6.79 Å². The van der Waals surface area contributed by atoms with Crippen LogP contribution in [0.4, 0.5) is 5.69 Å². The summed E-state index contributed by atoms with van der Waals surface area (Å²) in [6, 6.07) is 13.1. The summed E-state index contributed by atoms with van der Waals surface area (Å²) in [5.41, 5.74) is 1.95. The van der Waals surface area contributed by atoms with Gasteiger partial charge in [-0.1, -0.05) is 32.9 Å². The van der Waals surface area contributed by atoms with E-state index in [1.165, 1.54) is 5.56 Å². The normalized spacial score (nSPS) is 14.1. The second-order valence-corrected chi connectivity index (χ2v) is 7.09. The number of carbonyl (C=O) groups excluding carboxylic acids is 1. The van der Waals surface area contributed by atoms with E-state index in [2.05, 4.69) is 26.1 Å². The molecule has 3 rings (SSSR count). The zero-order chi connectivity index (χ0) is 18.0. The predicted molar refractivity (Wildman–Crippen MR) is 96.4 cm³/mol. The Hall–Kier alpha value is -2.69. The largest absolute Gasteiger partial charge is 0.481 e. The summed E-state index contributed by atoms with van der Waals surface area (Å²) in [5, 5.41) is 2.83. The average Bonchev–Trinajstić information content (AvgIpc) is 3.02. The molecule has 5 heteroatoms. The minimum Gasteiger partial charge on any atom is -0.481 e. The number of ether oxygens (including phenoxy) is 3. The first-order valence-corrected chi connectivity index (χ1v) is 8.30. The molecule has 1 atom stereocenters. The van der Waals surface area contributed by atoms with E-state index in [4.69, 9.17) is 14.2 Å². The van der Waals surface area contributed by atoms with Crippen molar-refractivity contribution in [1.29, 1.82) is 0 Å². The lowest BCUT2D eigenvalue weighted by Crippen LogP contribution is -2.30. The lowest BCUT2D eigenvalue weighted by atomic mass is 9.87. The van der Waals surface area contributed by atoms with Gasteiger partial charge in [0.1, 0.15) is 5.75 Å². The van der Waals surface area contributed by atoms with E-state index < -0.39 is 6.10 Å². The van der Waals surface area contributed by atoms with Crippen molar-refractivity contribution in [3.63, 3.8) is 0 Å². The summed E-state index contributed by atoms with van der Waals surface area (Å²) in [5.74, 6) is 1.76. The van der Waals surface area contributed by atoms with Crippen LogP contribution in [0.25, 0.3) is 0 Å². The molecule has 1 N–H and O–H groups in total. The van der Waals surface area contributed by atoms with Crippen molar-refractivity contribution in [2.75, 3.05) is 12.1 Å². The third-order valence-corrected chi connectivity index (χ3v) is 4.04. The van der Waals surface area contributed by atoms with Gasteiger partial charge in [-0.3, -0.25) is 4.79 Å². The molecule has 0 aromatic heterocycles. The Morgan fingerprint density at radius 3 is 2.44 bits per heavy atom. The molecule has 0 spiro atoms. The minimum atomic E-state index is -0.620. The quantitative estimate of drug-likeness (QED) is 0.909. The van der Waals surface area contributed by atoms with Gasteiger partial charge >= 0.3 is 0 Å². The van der Waals surface area contributed by atoms with Crippen molar-refractivity contribution in [1.82, 2.24) is 0 Å². The van der Waals surface area contributed by atoms with Crippen molar-refractivity contribution in [2.45, 2.75) is 39.2 Å². The molecule has 1 aliphatic rings. The molecule has 1 unspecified atom stereocenters. The molecule has 132 valence electrons. The maximum atomic E-state index is 12.3. The first-order valence-electron chi connectivity index (χ1n) is 8.30. The number of carbonyl (C=O) groups is 1. The van der Waals surface area contributed by atoms with Crippen LogP contribution in [0, 0.1) is 0 Å². The number of benzene rings is 2. The van der Waals surface area contributed by atoms with Crippen LogP contribution in [-0.2, 0) is 10.2 Å². The summed E-state index contributed by atoms with van der Waals surface area (Å²) in [7, 11) is 0. The smallest absolute Gasteiger partial charge is 0.265 e. The summed E-state index contributed by atoms with van der Waals surface area (Å²) >= 11 is 0. The second-order valence-electron chi connectivity index (χ2n) is 7.09. The van der Waals surface area contributed by atoms with E-state index in [0.717, 1.165) is 0 Å². The summed E-state index contributed by atoms with van der Waals surface area (Å²) in [4.78, 5) is 12.3. The summed E-state index contributed by atoms with van der Waals surface area (Å²) in [6.45, 7) is 8.40. The van der Waals surface area contributed by atoms with E-state index >= 15 is 0 Å². The van der Waals surface area contributed by atoms with Gasteiger partial charge in [0, 0.05) is 11.8 Å². The molecule has 2 aromatic rings. The highest BCUT2D eigenvalue weighted by Crippen LogP contribution is 2.34. The van der Waals surface area contributed by atoms with Crippen LogP contribution in [-0.4, -0.2) is 18.8 Å². The Bertz CT molecular complexity index is 762. The number of fused-ring (bicyclic) bond motifs is 1. The number of amides is 1. The Labute approximate surface area is 147 Å². The topological polar surface area (TPSA) is 56.8 Å². The highest BCUT2D eigenvalue weighted by molar-refractivity contribution is 5.94. The molecule has 0 saturated heterocycles. The summed E-state index contributed by atoms with van der Waals surface area (Å²) in [6.07, 6.45) is -0.620. The van der Waals surface area contributed by atoms with Gasteiger partial charge in [-0.05, 0) is 42.2 Å². The van der Waals surface area contributed by atoms with Crippen molar-refractivity contribution >= 4 is 11.6 Å². The van der Waals surface area contributed by atoms with Crippen LogP contribution >= 0.6 is 0 Å². The van der Waals surface area contributed by atoms with Crippen LogP contribution < -0.4 is 19.5 Å². The molecule has 0 bridgehead atoms. The lowest BCUT2D eigenvalue weighted by Gasteiger charge is -2.20. The van der Waals surface area contributed by atoms with Gasteiger partial charge in [0.05, 0.1) is 0 Å². The summed E-state index contributed by atoms with van der Waals surface area (Å²) < 4.78 is 16.3. The number of rotatable bonds is 4. The first kappa shape index (κ1) is 17.1. The fourth-order valence-corrected chi connectivity index (χ4v) is 2.51. The zero-order valence-electron chi connectivity index (χ0n) is 15.0. The Kier molecular flexibility index (Phi) is 4.57. The molecule has 1 aliphatic heterocycles. The van der Waals surface area contributed by atoms with E-state index in [0.29, 0.717) is 22.9 Å². The van der Waals surface area contributed by atoms with Gasteiger partial charge in [0.15, 0.2) is 17.6 Å². The van der Waals surface area contributed by atoms with Crippen LogP contribution in [0.5, 0.6) is 17.2 Å². The molecular formula is C20H23NO4. The third-order valence-electron chi connectivity index (χ3n) is 4.04. The van der Waals surface area contributed by atoms with Crippen molar-refractivity contribution in [2.24, 2.45) is 0 Å². The number of hydrogen-bond acceptors (Lipinski definition) is 4. The third kappa shape index (κ3) is 4.05. The molecule has 1 heterocycles. The Balaban J connectivity index is 1.61. The molecular weight excluding hydrogens is 318 g/mol. The standard InChI is InChI=1S/C20H23NO4/c1-13(25-16-8-5-14(6-9-16)20(2,3)4)19(22)21-15-7-10-17-18(11-15)24-12-23-17/h5-11,13H,12H2,1-4H3,(H,21,22). The monoisotopic (exact) mass is 341 g/mol. The van der Waals surface area contributed by atoms with Gasteiger partial charge in [-0.25, -0.2) is 0 Å². The van der Waals surface area contributed by atoms with Crippen LogP contribution in [0.2, 0.25) is 0 Å². The molecule has 0 aliphatic carbocycles. The van der Waals surface area contributed by atoms with Gasteiger partial charge in [0.25, 0.3) is 5.91 Å². The predicted octanol–water partition coefficient (Wildman–Crippen LogP) is 4.12. The fraction of sp³-hybridized carbons (Fsp3) is 0.350. The number of nitrogens with one attached hydrogen (secondary N) is 1.